The number of aromatic nitrogens is 2. The van der Waals surface area contributed by atoms with E-state index in [1.165, 1.54) is 28.0 Å². The lowest BCUT2D eigenvalue weighted by Gasteiger charge is -2.07. The number of benzene rings is 1. The van der Waals surface area contributed by atoms with Crippen molar-refractivity contribution in [3.05, 3.63) is 63.8 Å². The zero-order valence-electron chi connectivity index (χ0n) is 14.2. The minimum absolute atomic E-state index is 0.239. The Morgan fingerprint density at radius 1 is 1.00 bits per heavy atom. The van der Waals surface area contributed by atoms with Crippen molar-refractivity contribution in [2.45, 2.75) is 27.7 Å². The first kappa shape index (κ1) is 16.3. The molecule has 0 radical (unpaired) electrons. The molecule has 1 amide bonds. The second kappa shape index (κ2) is 6.53. The summed E-state index contributed by atoms with van der Waals surface area (Å²) >= 11 is 1.42. The van der Waals surface area contributed by atoms with Gasteiger partial charge >= 0.3 is 0 Å². The summed E-state index contributed by atoms with van der Waals surface area (Å²) < 4.78 is 0. The zero-order chi connectivity index (χ0) is 17.3. The Hall–Kier alpha value is -2.53. The lowest BCUT2D eigenvalue weighted by atomic mass is 9.99. The van der Waals surface area contributed by atoms with Gasteiger partial charge in [0.25, 0.3) is 5.91 Å². The third-order valence-corrected chi connectivity index (χ3v) is 4.72. The van der Waals surface area contributed by atoms with Gasteiger partial charge in [-0.1, -0.05) is 12.1 Å². The van der Waals surface area contributed by atoms with Gasteiger partial charge in [0, 0.05) is 16.6 Å². The molecule has 5 heteroatoms. The molecule has 0 aliphatic rings. The Balaban J connectivity index is 1.84. The number of thiazole rings is 1. The van der Waals surface area contributed by atoms with Crippen molar-refractivity contribution >= 4 is 22.4 Å². The van der Waals surface area contributed by atoms with Gasteiger partial charge in [0.15, 0.2) is 5.13 Å². The average molecular weight is 337 g/mol. The number of carbonyl (C=O) groups excluding carboxylic acids is 1. The summed E-state index contributed by atoms with van der Waals surface area (Å²) in [6.45, 7) is 8.14. The third-order valence-electron chi connectivity index (χ3n) is 3.96. The number of amides is 1. The van der Waals surface area contributed by atoms with Crippen LogP contribution in [-0.4, -0.2) is 15.9 Å². The standard InChI is InChI=1S/C19H19N3OS/c1-11-8-13(3)15(9-12(11)2)17-10-24-19(21-17)22-18(23)16-7-5-6-14(4)20-16/h5-10H,1-4H3,(H,21,22,23). The molecule has 1 aromatic carbocycles. The van der Waals surface area contributed by atoms with E-state index >= 15 is 0 Å². The summed E-state index contributed by atoms with van der Waals surface area (Å²) in [7, 11) is 0. The highest BCUT2D eigenvalue weighted by Gasteiger charge is 2.13. The molecule has 0 spiro atoms. The summed E-state index contributed by atoms with van der Waals surface area (Å²) in [5.74, 6) is -0.239. The summed E-state index contributed by atoms with van der Waals surface area (Å²) in [5, 5.41) is 5.38. The summed E-state index contributed by atoms with van der Waals surface area (Å²) in [4.78, 5) is 21.1. The molecular weight excluding hydrogens is 318 g/mol. The molecule has 2 aromatic heterocycles. The van der Waals surface area contributed by atoms with E-state index in [-0.39, 0.29) is 5.91 Å². The van der Waals surface area contributed by atoms with Crippen LogP contribution in [0.5, 0.6) is 0 Å². The van der Waals surface area contributed by atoms with Crippen LogP contribution in [0.2, 0.25) is 0 Å². The smallest absolute Gasteiger partial charge is 0.276 e. The van der Waals surface area contributed by atoms with Crippen molar-refractivity contribution < 1.29 is 4.79 Å². The molecule has 3 aromatic rings. The Morgan fingerprint density at radius 3 is 2.50 bits per heavy atom. The van der Waals surface area contributed by atoms with Crippen LogP contribution in [0.15, 0.2) is 35.7 Å². The van der Waals surface area contributed by atoms with Crippen molar-refractivity contribution in [2.24, 2.45) is 0 Å². The fraction of sp³-hybridized carbons (Fsp3) is 0.211. The first-order valence-corrected chi connectivity index (χ1v) is 8.61. The maximum Gasteiger partial charge on any atom is 0.276 e. The van der Waals surface area contributed by atoms with Gasteiger partial charge in [-0.3, -0.25) is 10.1 Å². The maximum absolute atomic E-state index is 12.3. The highest BCUT2D eigenvalue weighted by molar-refractivity contribution is 7.14. The zero-order valence-corrected chi connectivity index (χ0v) is 15.0. The minimum atomic E-state index is -0.239. The lowest BCUT2D eigenvalue weighted by molar-refractivity contribution is 0.102. The SMILES string of the molecule is Cc1cccc(C(=O)Nc2nc(-c3cc(C)c(C)cc3C)cs2)n1. The normalized spacial score (nSPS) is 10.7. The average Bonchev–Trinajstić information content (AvgIpc) is 2.99. The van der Waals surface area contributed by atoms with Gasteiger partial charge in [0.05, 0.1) is 5.69 Å². The molecule has 122 valence electrons. The van der Waals surface area contributed by atoms with Crippen LogP contribution in [-0.2, 0) is 0 Å². The van der Waals surface area contributed by atoms with E-state index in [9.17, 15) is 4.79 Å². The number of nitrogens with zero attached hydrogens (tertiary/aromatic N) is 2. The maximum atomic E-state index is 12.3. The molecule has 0 atom stereocenters. The molecule has 0 saturated carbocycles. The molecule has 0 saturated heterocycles. The Bertz CT molecular complexity index is 915. The molecule has 4 nitrogen and oxygen atoms in total. The Labute approximate surface area is 145 Å². The predicted octanol–water partition coefficient (Wildman–Crippen LogP) is 4.69. The van der Waals surface area contributed by atoms with Crippen molar-refractivity contribution in [2.75, 3.05) is 5.32 Å². The quantitative estimate of drug-likeness (QED) is 0.754. The van der Waals surface area contributed by atoms with Gasteiger partial charge in [-0.2, -0.15) is 0 Å². The van der Waals surface area contributed by atoms with Crippen molar-refractivity contribution in [3.63, 3.8) is 0 Å². The molecule has 3 rings (SSSR count). The van der Waals surface area contributed by atoms with E-state index in [0.717, 1.165) is 17.0 Å². The van der Waals surface area contributed by atoms with Gasteiger partial charge < -0.3 is 0 Å². The van der Waals surface area contributed by atoms with E-state index < -0.39 is 0 Å². The first-order chi connectivity index (χ1) is 11.4. The van der Waals surface area contributed by atoms with Crippen molar-refractivity contribution in [1.29, 1.82) is 0 Å². The molecule has 0 aliphatic heterocycles. The molecule has 0 unspecified atom stereocenters. The van der Waals surface area contributed by atoms with Gasteiger partial charge in [-0.25, -0.2) is 9.97 Å². The van der Waals surface area contributed by atoms with E-state index in [2.05, 4.69) is 48.2 Å². The van der Waals surface area contributed by atoms with E-state index in [1.54, 1.807) is 6.07 Å². The number of anilines is 1. The van der Waals surface area contributed by atoms with Gasteiger partial charge in [-0.05, 0) is 62.6 Å². The second-order valence-electron chi connectivity index (χ2n) is 5.91. The number of carbonyl (C=O) groups is 1. The Morgan fingerprint density at radius 2 is 1.75 bits per heavy atom. The monoisotopic (exact) mass is 337 g/mol. The van der Waals surface area contributed by atoms with Crippen LogP contribution in [0.1, 0.15) is 32.9 Å². The second-order valence-corrected chi connectivity index (χ2v) is 6.77. The highest BCUT2D eigenvalue weighted by atomic mass is 32.1. The number of pyridine rings is 1. The molecule has 0 bridgehead atoms. The van der Waals surface area contributed by atoms with Gasteiger partial charge in [0.1, 0.15) is 5.69 Å². The minimum Gasteiger partial charge on any atom is -0.296 e. The number of hydrogen-bond donors (Lipinski definition) is 1. The molecule has 1 N–H and O–H groups in total. The summed E-state index contributed by atoms with van der Waals surface area (Å²) in [6, 6.07) is 9.69. The number of aryl methyl sites for hydroxylation is 4. The third kappa shape index (κ3) is 3.36. The van der Waals surface area contributed by atoms with E-state index in [4.69, 9.17) is 0 Å². The van der Waals surface area contributed by atoms with Crippen LogP contribution in [0.3, 0.4) is 0 Å². The molecule has 0 aliphatic carbocycles. The summed E-state index contributed by atoms with van der Waals surface area (Å²) in [6.07, 6.45) is 0. The molecule has 0 fully saturated rings. The van der Waals surface area contributed by atoms with Crippen LogP contribution in [0.4, 0.5) is 5.13 Å². The Kier molecular flexibility index (Phi) is 4.44. The van der Waals surface area contributed by atoms with Crippen LogP contribution >= 0.6 is 11.3 Å². The van der Waals surface area contributed by atoms with Crippen LogP contribution < -0.4 is 5.32 Å². The summed E-state index contributed by atoms with van der Waals surface area (Å²) in [5.41, 5.74) is 6.88. The fourth-order valence-corrected chi connectivity index (χ4v) is 3.23. The molecular formula is C19H19N3OS. The number of rotatable bonds is 3. The number of nitrogens with one attached hydrogen (secondary N) is 1. The largest absolute Gasteiger partial charge is 0.296 e. The topological polar surface area (TPSA) is 54.9 Å². The van der Waals surface area contributed by atoms with Crippen LogP contribution in [0.25, 0.3) is 11.3 Å². The molecule has 2 heterocycles. The van der Waals surface area contributed by atoms with Crippen molar-refractivity contribution in [3.8, 4) is 11.3 Å². The fourth-order valence-electron chi connectivity index (χ4n) is 2.52. The number of hydrogen-bond acceptors (Lipinski definition) is 4. The van der Waals surface area contributed by atoms with Crippen molar-refractivity contribution in [1.82, 2.24) is 9.97 Å². The van der Waals surface area contributed by atoms with Crippen LogP contribution in [0, 0.1) is 27.7 Å². The van der Waals surface area contributed by atoms with E-state index in [1.807, 2.05) is 24.4 Å². The lowest BCUT2D eigenvalue weighted by Crippen LogP contribution is -2.13. The highest BCUT2D eigenvalue weighted by Crippen LogP contribution is 2.29. The first-order valence-electron chi connectivity index (χ1n) is 7.73. The van der Waals surface area contributed by atoms with Gasteiger partial charge in [0.2, 0.25) is 0 Å². The van der Waals surface area contributed by atoms with Gasteiger partial charge in [-0.15, -0.1) is 11.3 Å². The molecule has 24 heavy (non-hydrogen) atoms. The predicted molar refractivity (Wildman–Crippen MR) is 98.7 cm³/mol. The van der Waals surface area contributed by atoms with E-state index in [0.29, 0.717) is 10.8 Å².